The van der Waals surface area contributed by atoms with E-state index >= 15 is 0 Å². The maximum Gasteiger partial charge on any atom is 0.303 e. The minimum absolute atomic E-state index is 0.306. The molecule has 1 saturated heterocycles. The number of aliphatic carboxylic acids is 1. The van der Waals surface area contributed by atoms with Crippen LogP contribution in [-0.4, -0.2) is 29.1 Å². The number of piperidine rings is 1. The quantitative estimate of drug-likeness (QED) is 0.860. The standard InChI is InChI=1S/C17H25NO2/c1-2-16(15-8-4-3-5-9-15)18-12-6-7-14(13-18)10-11-17(19)20/h3-5,8-9,14,16H,2,6-7,10-13H2,1H3,(H,19,20). The Balaban J connectivity index is 1.98. The van der Waals surface area contributed by atoms with E-state index in [4.69, 9.17) is 5.11 Å². The zero-order valence-corrected chi connectivity index (χ0v) is 12.3. The molecule has 2 rings (SSSR count). The molecule has 1 fully saturated rings. The lowest BCUT2D eigenvalue weighted by atomic mass is 9.91. The summed E-state index contributed by atoms with van der Waals surface area (Å²) in [5.41, 5.74) is 1.38. The van der Waals surface area contributed by atoms with Gasteiger partial charge in [0.05, 0.1) is 0 Å². The summed E-state index contributed by atoms with van der Waals surface area (Å²) < 4.78 is 0. The number of nitrogens with zero attached hydrogens (tertiary/aromatic N) is 1. The average Bonchev–Trinajstić information content (AvgIpc) is 2.47. The van der Waals surface area contributed by atoms with Crippen molar-refractivity contribution in [2.75, 3.05) is 13.1 Å². The molecule has 110 valence electrons. The fraction of sp³-hybridized carbons (Fsp3) is 0.588. The Morgan fingerprint density at radius 1 is 1.40 bits per heavy atom. The number of hydrogen-bond donors (Lipinski definition) is 1. The highest BCUT2D eigenvalue weighted by molar-refractivity contribution is 5.66. The predicted molar refractivity (Wildman–Crippen MR) is 80.6 cm³/mol. The van der Waals surface area contributed by atoms with Crippen molar-refractivity contribution in [3.63, 3.8) is 0 Å². The van der Waals surface area contributed by atoms with Gasteiger partial charge in [0.25, 0.3) is 0 Å². The van der Waals surface area contributed by atoms with Gasteiger partial charge in [-0.2, -0.15) is 0 Å². The van der Waals surface area contributed by atoms with Gasteiger partial charge in [0.1, 0.15) is 0 Å². The van der Waals surface area contributed by atoms with Gasteiger partial charge in [0.2, 0.25) is 0 Å². The molecule has 3 heteroatoms. The van der Waals surface area contributed by atoms with Crippen LogP contribution in [0.4, 0.5) is 0 Å². The topological polar surface area (TPSA) is 40.5 Å². The molecule has 3 nitrogen and oxygen atoms in total. The second-order valence-corrected chi connectivity index (χ2v) is 5.77. The zero-order chi connectivity index (χ0) is 14.4. The minimum atomic E-state index is -0.669. The highest BCUT2D eigenvalue weighted by Crippen LogP contribution is 2.30. The van der Waals surface area contributed by atoms with Crippen LogP contribution >= 0.6 is 0 Å². The van der Waals surface area contributed by atoms with Crippen molar-refractivity contribution in [2.24, 2.45) is 5.92 Å². The summed E-state index contributed by atoms with van der Waals surface area (Å²) >= 11 is 0. The first-order valence-corrected chi connectivity index (χ1v) is 7.71. The molecule has 2 unspecified atom stereocenters. The van der Waals surface area contributed by atoms with Crippen LogP contribution in [0.25, 0.3) is 0 Å². The number of hydrogen-bond acceptors (Lipinski definition) is 2. The van der Waals surface area contributed by atoms with Crippen LogP contribution in [0.1, 0.15) is 50.6 Å². The minimum Gasteiger partial charge on any atom is -0.481 e. The molecule has 1 aliphatic heterocycles. The molecule has 1 N–H and O–H groups in total. The molecule has 1 aliphatic rings. The van der Waals surface area contributed by atoms with Crippen molar-refractivity contribution in [3.05, 3.63) is 35.9 Å². The van der Waals surface area contributed by atoms with Crippen molar-refractivity contribution < 1.29 is 9.90 Å². The number of carboxylic acids is 1. The van der Waals surface area contributed by atoms with Crippen LogP contribution in [0.2, 0.25) is 0 Å². The molecule has 1 aromatic rings. The molecule has 1 heterocycles. The summed E-state index contributed by atoms with van der Waals surface area (Å²) in [6.07, 6.45) is 4.59. The lowest BCUT2D eigenvalue weighted by Crippen LogP contribution is -2.38. The lowest BCUT2D eigenvalue weighted by molar-refractivity contribution is -0.137. The van der Waals surface area contributed by atoms with Crippen LogP contribution in [0.5, 0.6) is 0 Å². The number of likely N-dealkylation sites (tertiary alicyclic amines) is 1. The Bertz CT molecular complexity index is 418. The van der Waals surface area contributed by atoms with E-state index in [2.05, 4.69) is 42.2 Å². The number of carbonyl (C=O) groups is 1. The van der Waals surface area contributed by atoms with Crippen molar-refractivity contribution in [3.8, 4) is 0 Å². The van der Waals surface area contributed by atoms with Gasteiger partial charge in [-0.15, -0.1) is 0 Å². The van der Waals surface area contributed by atoms with Crippen LogP contribution < -0.4 is 0 Å². The number of rotatable bonds is 6. The fourth-order valence-electron chi connectivity index (χ4n) is 3.32. The summed E-state index contributed by atoms with van der Waals surface area (Å²) in [6.45, 7) is 4.41. The summed E-state index contributed by atoms with van der Waals surface area (Å²) in [4.78, 5) is 13.3. The molecule has 0 aliphatic carbocycles. The predicted octanol–water partition coefficient (Wildman–Crippen LogP) is 3.71. The first kappa shape index (κ1) is 15.0. The molecular formula is C17H25NO2. The molecule has 0 amide bonds. The van der Waals surface area contributed by atoms with Crippen LogP contribution in [0.3, 0.4) is 0 Å². The maximum atomic E-state index is 10.7. The maximum absolute atomic E-state index is 10.7. The van der Waals surface area contributed by atoms with E-state index in [9.17, 15) is 4.79 Å². The molecule has 20 heavy (non-hydrogen) atoms. The second kappa shape index (κ2) is 7.44. The largest absolute Gasteiger partial charge is 0.481 e. The Morgan fingerprint density at radius 3 is 2.80 bits per heavy atom. The van der Waals surface area contributed by atoms with E-state index in [-0.39, 0.29) is 0 Å². The molecule has 2 atom stereocenters. The monoisotopic (exact) mass is 275 g/mol. The third-order valence-electron chi connectivity index (χ3n) is 4.33. The highest BCUT2D eigenvalue weighted by atomic mass is 16.4. The average molecular weight is 275 g/mol. The van der Waals surface area contributed by atoms with Crippen LogP contribution in [0.15, 0.2) is 30.3 Å². The summed E-state index contributed by atoms with van der Waals surface area (Å²) in [5.74, 6) is -0.130. The Labute approximate surface area is 121 Å². The van der Waals surface area contributed by atoms with Crippen molar-refractivity contribution in [1.29, 1.82) is 0 Å². The van der Waals surface area contributed by atoms with Crippen molar-refractivity contribution >= 4 is 5.97 Å². The van der Waals surface area contributed by atoms with Gasteiger partial charge in [-0.3, -0.25) is 9.69 Å². The molecule has 1 aromatic carbocycles. The van der Waals surface area contributed by atoms with E-state index in [1.165, 1.54) is 18.4 Å². The molecule has 0 radical (unpaired) electrons. The fourth-order valence-corrected chi connectivity index (χ4v) is 3.32. The Kier molecular flexibility index (Phi) is 5.60. The van der Waals surface area contributed by atoms with Crippen LogP contribution in [0, 0.1) is 5.92 Å². The Morgan fingerprint density at radius 2 is 2.15 bits per heavy atom. The van der Waals surface area contributed by atoms with Gasteiger partial charge in [-0.25, -0.2) is 0 Å². The summed E-state index contributed by atoms with van der Waals surface area (Å²) in [5, 5.41) is 8.83. The number of benzene rings is 1. The third-order valence-corrected chi connectivity index (χ3v) is 4.33. The van der Waals surface area contributed by atoms with Crippen molar-refractivity contribution in [1.82, 2.24) is 4.90 Å². The van der Waals surface area contributed by atoms with E-state index in [1.807, 2.05) is 0 Å². The number of carboxylic acid groups (broad SMARTS) is 1. The van der Waals surface area contributed by atoms with E-state index in [1.54, 1.807) is 0 Å². The summed E-state index contributed by atoms with van der Waals surface area (Å²) in [6, 6.07) is 11.1. The smallest absolute Gasteiger partial charge is 0.303 e. The van der Waals surface area contributed by atoms with E-state index in [0.717, 1.165) is 25.9 Å². The van der Waals surface area contributed by atoms with Gasteiger partial charge < -0.3 is 5.11 Å². The molecular weight excluding hydrogens is 250 g/mol. The van der Waals surface area contributed by atoms with Gasteiger partial charge >= 0.3 is 5.97 Å². The molecule has 0 saturated carbocycles. The Hall–Kier alpha value is -1.35. The second-order valence-electron chi connectivity index (χ2n) is 5.77. The first-order chi connectivity index (χ1) is 9.70. The summed E-state index contributed by atoms with van der Waals surface area (Å²) in [7, 11) is 0. The SMILES string of the molecule is CCC(c1ccccc1)N1CCCC(CCC(=O)O)C1. The normalized spacial score (nSPS) is 21.6. The van der Waals surface area contributed by atoms with Gasteiger partial charge in [0, 0.05) is 19.0 Å². The molecule has 0 bridgehead atoms. The van der Waals surface area contributed by atoms with Crippen LogP contribution in [-0.2, 0) is 4.79 Å². The third kappa shape index (κ3) is 4.07. The highest BCUT2D eigenvalue weighted by Gasteiger charge is 2.26. The first-order valence-electron chi connectivity index (χ1n) is 7.71. The van der Waals surface area contributed by atoms with Gasteiger partial charge in [-0.05, 0) is 43.7 Å². The van der Waals surface area contributed by atoms with Crippen molar-refractivity contribution in [2.45, 2.75) is 45.1 Å². The zero-order valence-electron chi connectivity index (χ0n) is 12.3. The molecule has 0 spiro atoms. The lowest BCUT2D eigenvalue weighted by Gasteiger charge is -2.38. The van der Waals surface area contributed by atoms with Gasteiger partial charge in [-0.1, -0.05) is 37.3 Å². The van der Waals surface area contributed by atoms with E-state index < -0.39 is 5.97 Å². The molecule has 0 aromatic heterocycles. The van der Waals surface area contributed by atoms with E-state index in [0.29, 0.717) is 18.4 Å². The van der Waals surface area contributed by atoms with Gasteiger partial charge in [0.15, 0.2) is 0 Å².